The Morgan fingerprint density at radius 1 is 1.24 bits per heavy atom. The SMILES string of the molecule is CC(C(=O)[C@@H]1CNCCCO1)C(C)C(C#N)Cc1cc2c(cc1F)-c1ccc(F)cc1CO2. The number of carbonyl (C=O) groups excluding carboxylic acids is 1. The van der Waals surface area contributed by atoms with Crippen LogP contribution in [0.2, 0.25) is 0 Å². The first kappa shape index (κ1) is 23.3. The summed E-state index contributed by atoms with van der Waals surface area (Å²) >= 11 is 0. The maximum atomic E-state index is 15.1. The Balaban J connectivity index is 1.52. The normalized spacial score (nSPS) is 20.3. The average molecular weight is 455 g/mol. The number of nitrogens with one attached hydrogen (secondary N) is 1. The summed E-state index contributed by atoms with van der Waals surface area (Å²) in [5.74, 6) is -1.57. The van der Waals surface area contributed by atoms with Gasteiger partial charge in [0.25, 0.3) is 0 Å². The van der Waals surface area contributed by atoms with Crippen LogP contribution >= 0.6 is 0 Å². The lowest BCUT2D eigenvalue weighted by molar-refractivity contribution is -0.135. The predicted molar refractivity (Wildman–Crippen MR) is 119 cm³/mol. The highest BCUT2D eigenvalue weighted by Gasteiger charge is 2.33. The van der Waals surface area contributed by atoms with E-state index >= 15 is 4.39 Å². The second-order valence-electron chi connectivity index (χ2n) is 8.94. The number of ether oxygens (including phenoxy) is 2. The Morgan fingerprint density at radius 3 is 2.85 bits per heavy atom. The number of benzene rings is 2. The molecule has 2 heterocycles. The van der Waals surface area contributed by atoms with Crippen molar-refractivity contribution in [2.75, 3.05) is 19.7 Å². The van der Waals surface area contributed by atoms with E-state index in [1.807, 2.05) is 13.8 Å². The van der Waals surface area contributed by atoms with Crippen LogP contribution in [0.3, 0.4) is 0 Å². The summed E-state index contributed by atoms with van der Waals surface area (Å²) in [6.07, 6.45) is 0.494. The van der Waals surface area contributed by atoms with Gasteiger partial charge >= 0.3 is 0 Å². The summed E-state index contributed by atoms with van der Waals surface area (Å²) in [4.78, 5) is 13.0. The average Bonchev–Trinajstić information content (AvgIpc) is 3.10. The van der Waals surface area contributed by atoms with Crippen LogP contribution in [0.5, 0.6) is 5.75 Å². The third-order valence-corrected chi connectivity index (χ3v) is 6.83. The standard InChI is InChI=1S/C26H28F2N2O3/c1-15(16(2)26(31)25-13-30-6-3-7-32-25)18(12-29)8-17-10-24-22(11-23(17)28)21-5-4-20(27)9-19(21)14-33-24/h4-5,9-11,15-16,18,25,30H,3,6-8,13-14H2,1-2H3/t15?,16?,18?,25-/m0/s1. The van der Waals surface area contributed by atoms with Crippen molar-refractivity contribution in [1.29, 1.82) is 5.26 Å². The Morgan fingerprint density at radius 2 is 2.06 bits per heavy atom. The smallest absolute Gasteiger partial charge is 0.165 e. The zero-order valence-electron chi connectivity index (χ0n) is 18.9. The molecule has 2 aliphatic rings. The topological polar surface area (TPSA) is 71.3 Å². The van der Waals surface area contributed by atoms with Gasteiger partial charge in [-0.05, 0) is 60.7 Å². The molecule has 3 unspecified atom stereocenters. The molecule has 0 radical (unpaired) electrons. The van der Waals surface area contributed by atoms with Crippen molar-refractivity contribution < 1.29 is 23.0 Å². The van der Waals surface area contributed by atoms with Gasteiger partial charge < -0.3 is 14.8 Å². The number of halogens is 2. The molecular formula is C26H28F2N2O3. The van der Waals surface area contributed by atoms with Gasteiger partial charge in [-0.1, -0.05) is 19.9 Å². The van der Waals surface area contributed by atoms with Gasteiger partial charge in [-0.25, -0.2) is 8.78 Å². The molecule has 33 heavy (non-hydrogen) atoms. The molecule has 0 saturated carbocycles. The fourth-order valence-corrected chi connectivity index (χ4v) is 4.57. The van der Waals surface area contributed by atoms with Gasteiger partial charge in [0.1, 0.15) is 30.1 Å². The molecule has 1 fully saturated rings. The molecule has 4 atom stereocenters. The van der Waals surface area contributed by atoms with E-state index in [0.717, 1.165) is 18.5 Å². The first-order valence-corrected chi connectivity index (χ1v) is 11.4. The summed E-state index contributed by atoms with van der Waals surface area (Å²) in [6.45, 7) is 5.68. The molecule has 0 aromatic heterocycles. The second-order valence-corrected chi connectivity index (χ2v) is 8.94. The number of hydrogen-bond donors (Lipinski definition) is 1. The lowest BCUT2D eigenvalue weighted by Crippen LogP contribution is -2.39. The van der Waals surface area contributed by atoms with Gasteiger partial charge in [0, 0.05) is 30.2 Å². The first-order chi connectivity index (χ1) is 15.9. The van der Waals surface area contributed by atoms with Crippen LogP contribution < -0.4 is 10.1 Å². The fourth-order valence-electron chi connectivity index (χ4n) is 4.57. The van der Waals surface area contributed by atoms with Crippen LogP contribution in [0, 0.1) is 40.7 Å². The Hall–Kier alpha value is -2.82. The molecule has 2 aromatic carbocycles. The zero-order chi connectivity index (χ0) is 23.5. The van der Waals surface area contributed by atoms with Gasteiger partial charge in [-0.15, -0.1) is 0 Å². The molecule has 5 nitrogen and oxygen atoms in total. The van der Waals surface area contributed by atoms with E-state index in [0.29, 0.717) is 35.6 Å². The van der Waals surface area contributed by atoms with E-state index in [4.69, 9.17) is 9.47 Å². The highest BCUT2D eigenvalue weighted by atomic mass is 19.1. The Kier molecular flexibility index (Phi) is 7.06. The van der Waals surface area contributed by atoms with Gasteiger partial charge in [0.2, 0.25) is 0 Å². The monoisotopic (exact) mass is 454 g/mol. The molecule has 174 valence electrons. The molecule has 4 rings (SSSR count). The summed E-state index contributed by atoms with van der Waals surface area (Å²) in [5, 5.41) is 13.0. The maximum Gasteiger partial charge on any atom is 0.165 e. The lowest BCUT2D eigenvalue weighted by Gasteiger charge is -2.27. The minimum absolute atomic E-state index is 0.0322. The number of nitrogens with zero attached hydrogens (tertiary/aromatic N) is 1. The highest BCUT2D eigenvalue weighted by Crippen LogP contribution is 2.40. The van der Waals surface area contributed by atoms with Crippen LogP contribution in [0.25, 0.3) is 11.1 Å². The molecule has 1 N–H and O–H groups in total. The highest BCUT2D eigenvalue weighted by molar-refractivity contribution is 5.85. The van der Waals surface area contributed by atoms with Crippen molar-refractivity contribution >= 4 is 5.78 Å². The molecule has 7 heteroatoms. The summed E-state index contributed by atoms with van der Waals surface area (Å²) in [6, 6.07) is 9.65. The van der Waals surface area contributed by atoms with Crippen molar-refractivity contribution in [3.05, 3.63) is 53.1 Å². The summed E-state index contributed by atoms with van der Waals surface area (Å²) < 4.78 is 40.1. The molecule has 2 aliphatic heterocycles. The van der Waals surface area contributed by atoms with Gasteiger partial charge in [-0.2, -0.15) is 5.26 Å². The fraction of sp³-hybridized carbons (Fsp3) is 0.462. The van der Waals surface area contributed by atoms with E-state index in [1.54, 1.807) is 12.1 Å². The van der Waals surface area contributed by atoms with Crippen molar-refractivity contribution in [2.24, 2.45) is 17.8 Å². The number of rotatable bonds is 6. The summed E-state index contributed by atoms with van der Waals surface area (Å²) in [5.41, 5.74) is 2.34. The molecule has 0 aliphatic carbocycles. The van der Waals surface area contributed by atoms with Gasteiger partial charge in [0.05, 0.1) is 12.0 Å². The molecule has 1 saturated heterocycles. The number of fused-ring (bicyclic) bond motifs is 3. The van der Waals surface area contributed by atoms with Crippen LogP contribution in [-0.4, -0.2) is 31.6 Å². The van der Waals surface area contributed by atoms with Crippen LogP contribution in [0.1, 0.15) is 31.4 Å². The van der Waals surface area contributed by atoms with Crippen LogP contribution in [0.15, 0.2) is 30.3 Å². The first-order valence-electron chi connectivity index (χ1n) is 11.4. The number of hydrogen-bond acceptors (Lipinski definition) is 5. The van der Waals surface area contributed by atoms with E-state index in [2.05, 4.69) is 11.4 Å². The quantitative estimate of drug-likeness (QED) is 0.699. The molecular weight excluding hydrogens is 426 g/mol. The lowest BCUT2D eigenvalue weighted by atomic mass is 9.78. The number of nitriles is 1. The van der Waals surface area contributed by atoms with Crippen molar-refractivity contribution in [3.63, 3.8) is 0 Å². The third kappa shape index (κ3) is 4.92. The zero-order valence-corrected chi connectivity index (χ0v) is 18.9. The van der Waals surface area contributed by atoms with E-state index in [-0.39, 0.29) is 30.5 Å². The van der Waals surface area contributed by atoms with Crippen LogP contribution in [0.4, 0.5) is 8.78 Å². The van der Waals surface area contributed by atoms with E-state index in [1.165, 1.54) is 18.2 Å². The van der Waals surface area contributed by atoms with Crippen molar-refractivity contribution in [3.8, 4) is 22.9 Å². The second kappa shape index (κ2) is 9.98. The number of carbonyl (C=O) groups is 1. The van der Waals surface area contributed by atoms with Gasteiger partial charge in [0.15, 0.2) is 5.78 Å². The predicted octanol–water partition coefficient (Wildman–Crippen LogP) is 4.43. The molecule has 0 amide bonds. The largest absolute Gasteiger partial charge is 0.488 e. The number of Topliss-reactive ketones (excluding diaryl/α,β-unsaturated/α-hetero) is 1. The van der Waals surface area contributed by atoms with Gasteiger partial charge in [-0.3, -0.25) is 4.79 Å². The summed E-state index contributed by atoms with van der Waals surface area (Å²) in [7, 11) is 0. The third-order valence-electron chi connectivity index (χ3n) is 6.83. The molecule has 2 aromatic rings. The van der Waals surface area contributed by atoms with Crippen LogP contribution in [-0.2, 0) is 22.6 Å². The Labute approximate surface area is 192 Å². The van der Waals surface area contributed by atoms with Crippen molar-refractivity contribution in [1.82, 2.24) is 5.32 Å². The van der Waals surface area contributed by atoms with E-state index < -0.39 is 23.8 Å². The number of ketones is 1. The minimum Gasteiger partial charge on any atom is -0.488 e. The van der Waals surface area contributed by atoms with Crippen molar-refractivity contribution in [2.45, 2.75) is 39.4 Å². The Bertz CT molecular complexity index is 1070. The maximum absolute atomic E-state index is 15.1. The minimum atomic E-state index is -0.555. The molecule has 0 bridgehead atoms. The molecule has 0 spiro atoms. The van der Waals surface area contributed by atoms with E-state index in [9.17, 15) is 14.4 Å².